The van der Waals surface area contributed by atoms with Crippen LogP contribution >= 0.6 is 0 Å². The smallest absolute Gasteiger partial charge is 0.419 e. The van der Waals surface area contributed by atoms with E-state index >= 15 is 0 Å². The first-order valence-corrected chi connectivity index (χ1v) is 4.61. The van der Waals surface area contributed by atoms with Gasteiger partial charge in [0.1, 0.15) is 6.07 Å². The molecule has 19 heavy (non-hydrogen) atoms. The van der Waals surface area contributed by atoms with E-state index < -0.39 is 41.1 Å². The van der Waals surface area contributed by atoms with Crippen LogP contribution in [0.1, 0.15) is 33.7 Å². The fourth-order valence-corrected chi connectivity index (χ4v) is 1.26. The van der Waals surface area contributed by atoms with Crippen LogP contribution in [0, 0.1) is 11.3 Å². The number of carbonyl (C=O) groups is 1. The number of nitrogens with zero attached hydrogens (tertiary/aromatic N) is 2. The second kappa shape index (κ2) is 5.17. The highest BCUT2D eigenvalue weighted by molar-refractivity contribution is 5.89. The molecule has 0 radical (unpaired) electrons. The van der Waals surface area contributed by atoms with Crippen LogP contribution in [0.5, 0.6) is 0 Å². The van der Waals surface area contributed by atoms with Crippen molar-refractivity contribution in [2.45, 2.75) is 12.6 Å². The molecule has 1 aromatic heterocycles. The number of halogens is 5. The van der Waals surface area contributed by atoms with Crippen molar-refractivity contribution in [3.05, 3.63) is 28.6 Å². The number of pyridine rings is 1. The average molecular weight is 280 g/mol. The molecule has 0 saturated carbocycles. The van der Waals surface area contributed by atoms with Gasteiger partial charge >= 0.3 is 12.1 Å². The Bertz CT molecular complexity index is 548. The van der Waals surface area contributed by atoms with Gasteiger partial charge in [-0.3, -0.25) is 0 Å². The van der Waals surface area contributed by atoms with E-state index in [4.69, 9.17) is 5.26 Å². The summed E-state index contributed by atoms with van der Waals surface area (Å²) in [5.74, 6) is -1.35. The zero-order chi connectivity index (χ0) is 14.8. The summed E-state index contributed by atoms with van der Waals surface area (Å²) >= 11 is 0. The van der Waals surface area contributed by atoms with Gasteiger partial charge in [0.05, 0.1) is 18.2 Å². The number of ether oxygens (including phenoxy) is 1. The zero-order valence-corrected chi connectivity index (χ0v) is 9.26. The Kier molecular flexibility index (Phi) is 4.04. The lowest BCUT2D eigenvalue weighted by Gasteiger charge is -2.12. The molecular weight excluding hydrogens is 275 g/mol. The summed E-state index contributed by atoms with van der Waals surface area (Å²) in [7, 11) is 0.850. The largest absolute Gasteiger partial charge is 0.464 e. The van der Waals surface area contributed by atoms with Crippen LogP contribution in [0.4, 0.5) is 22.0 Å². The Hall–Kier alpha value is -2.24. The predicted octanol–water partition coefficient (Wildman–Crippen LogP) is 2.70. The fourth-order valence-electron chi connectivity index (χ4n) is 1.26. The molecule has 0 saturated heterocycles. The van der Waals surface area contributed by atoms with Gasteiger partial charge in [-0.05, 0) is 6.07 Å². The Morgan fingerprint density at radius 3 is 2.42 bits per heavy atom. The van der Waals surface area contributed by atoms with Gasteiger partial charge < -0.3 is 4.74 Å². The first-order valence-electron chi connectivity index (χ1n) is 4.61. The Labute approximate surface area is 103 Å². The molecule has 0 N–H and O–H groups in total. The highest BCUT2D eigenvalue weighted by Gasteiger charge is 2.37. The molecule has 0 aliphatic rings. The summed E-state index contributed by atoms with van der Waals surface area (Å²) in [5, 5.41) is 8.54. The van der Waals surface area contributed by atoms with Crippen LogP contribution in [0.25, 0.3) is 0 Å². The van der Waals surface area contributed by atoms with E-state index in [1.54, 1.807) is 0 Å². The van der Waals surface area contributed by atoms with Crippen molar-refractivity contribution in [1.82, 2.24) is 4.98 Å². The molecule has 0 fully saturated rings. The summed E-state index contributed by atoms with van der Waals surface area (Å²) in [4.78, 5) is 14.2. The quantitative estimate of drug-likeness (QED) is 0.617. The Balaban J connectivity index is 3.62. The molecule has 0 aliphatic carbocycles. The molecule has 1 heterocycles. The van der Waals surface area contributed by atoms with Crippen LogP contribution in [0.3, 0.4) is 0 Å². The normalized spacial score (nSPS) is 11.3. The molecule has 0 aromatic carbocycles. The minimum absolute atomic E-state index is 0.0302. The van der Waals surface area contributed by atoms with Crippen LogP contribution in [-0.4, -0.2) is 18.1 Å². The van der Waals surface area contributed by atoms with Crippen LogP contribution in [0.2, 0.25) is 0 Å². The minimum atomic E-state index is -5.03. The lowest BCUT2D eigenvalue weighted by molar-refractivity contribution is -0.138. The van der Waals surface area contributed by atoms with E-state index in [9.17, 15) is 26.7 Å². The molecule has 0 atom stereocenters. The third-order valence-corrected chi connectivity index (χ3v) is 2.08. The van der Waals surface area contributed by atoms with Gasteiger partial charge in [0.2, 0.25) is 0 Å². The number of hydrogen-bond acceptors (Lipinski definition) is 4. The standard InChI is InChI=1S/C10H5F5N2O2/c1-19-9(18)7-4(8(11)12)2-5(10(13,14)15)6(3-16)17-7/h2,8H,1H3. The second-order valence-corrected chi connectivity index (χ2v) is 3.22. The number of methoxy groups -OCH3 is 1. The molecule has 0 bridgehead atoms. The van der Waals surface area contributed by atoms with E-state index in [0.29, 0.717) is 0 Å². The topological polar surface area (TPSA) is 63.0 Å². The Morgan fingerprint density at radius 1 is 1.47 bits per heavy atom. The summed E-state index contributed by atoms with van der Waals surface area (Å²) < 4.78 is 67.0. The van der Waals surface area contributed by atoms with Gasteiger partial charge in [-0.15, -0.1) is 0 Å². The van der Waals surface area contributed by atoms with Crippen molar-refractivity contribution in [3.8, 4) is 6.07 Å². The minimum Gasteiger partial charge on any atom is -0.464 e. The summed E-state index contributed by atoms with van der Waals surface area (Å²) in [6.45, 7) is 0. The molecular formula is C10H5F5N2O2. The van der Waals surface area contributed by atoms with Gasteiger partial charge in [-0.1, -0.05) is 0 Å². The van der Waals surface area contributed by atoms with E-state index in [0.717, 1.165) is 13.2 Å². The molecule has 1 rings (SSSR count). The first-order chi connectivity index (χ1) is 8.72. The van der Waals surface area contributed by atoms with Gasteiger partial charge in [0, 0.05) is 0 Å². The molecule has 4 nitrogen and oxygen atoms in total. The average Bonchev–Trinajstić information content (AvgIpc) is 2.34. The summed E-state index contributed by atoms with van der Waals surface area (Å²) in [5.41, 5.74) is -5.05. The van der Waals surface area contributed by atoms with E-state index in [1.165, 1.54) is 0 Å². The van der Waals surface area contributed by atoms with E-state index in [1.807, 2.05) is 0 Å². The van der Waals surface area contributed by atoms with Crippen molar-refractivity contribution < 1.29 is 31.5 Å². The number of alkyl halides is 5. The van der Waals surface area contributed by atoms with Gasteiger partial charge in [0.25, 0.3) is 6.43 Å². The maximum atomic E-state index is 12.6. The molecule has 0 aliphatic heterocycles. The van der Waals surface area contributed by atoms with Crippen molar-refractivity contribution in [2.75, 3.05) is 7.11 Å². The highest BCUT2D eigenvalue weighted by Crippen LogP contribution is 2.34. The number of hydrogen-bond donors (Lipinski definition) is 0. The van der Waals surface area contributed by atoms with Crippen LogP contribution in [-0.2, 0) is 10.9 Å². The van der Waals surface area contributed by atoms with E-state index in [-0.39, 0.29) is 6.07 Å². The van der Waals surface area contributed by atoms with Crippen molar-refractivity contribution in [2.24, 2.45) is 0 Å². The maximum absolute atomic E-state index is 12.6. The SMILES string of the molecule is COC(=O)c1nc(C#N)c(C(F)(F)F)cc1C(F)F. The molecule has 0 spiro atoms. The van der Waals surface area contributed by atoms with Gasteiger partial charge in [0.15, 0.2) is 11.4 Å². The number of rotatable bonds is 2. The fraction of sp³-hybridized carbons (Fsp3) is 0.300. The molecule has 1 aromatic rings. The third-order valence-electron chi connectivity index (χ3n) is 2.08. The first kappa shape index (κ1) is 14.8. The molecule has 102 valence electrons. The zero-order valence-electron chi connectivity index (χ0n) is 9.26. The van der Waals surface area contributed by atoms with Crippen LogP contribution in [0.15, 0.2) is 6.07 Å². The van der Waals surface area contributed by atoms with Crippen molar-refractivity contribution >= 4 is 5.97 Å². The second-order valence-electron chi connectivity index (χ2n) is 3.22. The number of aromatic nitrogens is 1. The summed E-state index contributed by atoms with van der Waals surface area (Å²) in [6.07, 6.45) is -8.40. The Morgan fingerprint density at radius 2 is 2.05 bits per heavy atom. The van der Waals surface area contributed by atoms with Crippen LogP contribution < -0.4 is 0 Å². The number of carbonyl (C=O) groups excluding carboxylic acids is 1. The van der Waals surface area contributed by atoms with Crippen molar-refractivity contribution in [3.63, 3.8) is 0 Å². The third kappa shape index (κ3) is 2.96. The van der Waals surface area contributed by atoms with E-state index in [2.05, 4.69) is 9.72 Å². The monoisotopic (exact) mass is 280 g/mol. The lowest BCUT2D eigenvalue weighted by atomic mass is 10.1. The summed E-state index contributed by atoms with van der Waals surface area (Å²) in [6, 6.07) is 1.13. The van der Waals surface area contributed by atoms with Gasteiger partial charge in [-0.25, -0.2) is 18.6 Å². The lowest BCUT2D eigenvalue weighted by Crippen LogP contribution is -2.16. The number of nitriles is 1. The highest BCUT2D eigenvalue weighted by atomic mass is 19.4. The number of esters is 1. The molecule has 0 unspecified atom stereocenters. The molecule has 0 amide bonds. The molecule has 9 heteroatoms. The predicted molar refractivity (Wildman–Crippen MR) is 50.3 cm³/mol. The maximum Gasteiger partial charge on any atom is 0.419 e. The van der Waals surface area contributed by atoms with Crippen molar-refractivity contribution in [1.29, 1.82) is 5.26 Å². The van der Waals surface area contributed by atoms with Gasteiger partial charge in [-0.2, -0.15) is 18.4 Å².